The summed E-state index contributed by atoms with van der Waals surface area (Å²) in [5, 5.41) is 22.4. The van der Waals surface area contributed by atoms with E-state index >= 15 is 0 Å². The molecule has 1 amide bonds. The predicted octanol–water partition coefficient (Wildman–Crippen LogP) is 6.14. The minimum absolute atomic E-state index is 0.0683. The summed E-state index contributed by atoms with van der Waals surface area (Å²) < 4.78 is 25.2. The molecular weight excluding hydrogens is 740 g/mol. The van der Waals surface area contributed by atoms with Gasteiger partial charge in [0, 0.05) is 66.5 Å². The van der Waals surface area contributed by atoms with Gasteiger partial charge in [0.05, 0.1) is 56.8 Å². The number of aromatic hydroxyl groups is 1. The van der Waals surface area contributed by atoms with Crippen LogP contribution in [0.15, 0.2) is 65.1 Å². The molecule has 3 aromatic carbocycles. The van der Waals surface area contributed by atoms with Gasteiger partial charge in [-0.25, -0.2) is 4.79 Å². The number of rotatable bonds is 10. The van der Waals surface area contributed by atoms with E-state index < -0.39 is 12.1 Å². The van der Waals surface area contributed by atoms with Crippen LogP contribution >= 0.6 is 15.9 Å². The van der Waals surface area contributed by atoms with E-state index in [2.05, 4.69) is 31.8 Å². The Balaban J connectivity index is 1.07. The lowest BCUT2D eigenvalue weighted by Crippen LogP contribution is -2.55. The Morgan fingerprint density at radius 1 is 1.06 bits per heavy atom. The number of carbonyl (C=O) groups excluding carboxylic acids is 1. The molecule has 1 unspecified atom stereocenters. The molecule has 2 saturated heterocycles. The van der Waals surface area contributed by atoms with Crippen LogP contribution in [0.5, 0.6) is 11.8 Å². The number of carbonyl (C=O) groups is 1. The van der Waals surface area contributed by atoms with Gasteiger partial charge < -0.3 is 33.9 Å². The Morgan fingerprint density at radius 3 is 2.68 bits per heavy atom. The van der Waals surface area contributed by atoms with Crippen molar-refractivity contribution in [2.45, 2.75) is 51.0 Å². The van der Waals surface area contributed by atoms with Crippen LogP contribution in [-0.2, 0) is 33.8 Å². The van der Waals surface area contributed by atoms with Crippen molar-refractivity contribution < 1.29 is 28.8 Å². The van der Waals surface area contributed by atoms with Gasteiger partial charge in [0.2, 0.25) is 0 Å². The summed E-state index contributed by atoms with van der Waals surface area (Å²) in [6.07, 6.45) is 1.98. The topological polar surface area (TPSA) is 134 Å². The Morgan fingerprint density at radius 2 is 1.89 bits per heavy atom. The quantitative estimate of drug-likeness (QED) is 0.199. The average molecular weight is 784 g/mol. The maximum Gasteiger partial charge on any atom is 0.410 e. The average Bonchev–Trinajstić information content (AvgIpc) is 3.95. The predicted molar refractivity (Wildman–Crippen MR) is 201 cm³/mol. The Kier molecular flexibility index (Phi) is 10.4. The van der Waals surface area contributed by atoms with E-state index in [-0.39, 0.29) is 36.9 Å². The van der Waals surface area contributed by atoms with Crippen molar-refractivity contribution >= 4 is 38.6 Å². The van der Waals surface area contributed by atoms with Gasteiger partial charge in [0.15, 0.2) is 0 Å². The van der Waals surface area contributed by atoms with E-state index in [1.807, 2.05) is 48.5 Å². The number of nitriles is 1. The maximum absolute atomic E-state index is 13.3. The fourth-order valence-electron chi connectivity index (χ4n) is 7.75. The number of nitrogens with zero attached hydrogens (tertiary/aromatic N) is 6. The Hall–Kier alpha value is -4.48. The van der Waals surface area contributed by atoms with Crippen molar-refractivity contribution in [2.24, 2.45) is 5.41 Å². The summed E-state index contributed by atoms with van der Waals surface area (Å²) in [4.78, 5) is 29.6. The molecule has 12 nitrogen and oxygen atoms in total. The molecule has 8 rings (SSSR count). The number of anilines is 1. The number of hydrogen-bond acceptors (Lipinski definition) is 11. The summed E-state index contributed by atoms with van der Waals surface area (Å²) in [5.41, 5.74) is 3.53. The van der Waals surface area contributed by atoms with E-state index in [1.165, 1.54) is 0 Å². The summed E-state index contributed by atoms with van der Waals surface area (Å²) in [7, 11) is 0. The monoisotopic (exact) mass is 782 g/mol. The fraction of sp³-hybridized carbons (Fsp3) is 0.450. The van der Waals surface area contributed by atoms with E-state index in [9.17, 15) is 15.2 Å². The number of morpholine rings is 1. The minimum atomic E-state index is -0.437. The molecule has 4 aromatic rings. The highest BCUT2D eigenvalue weighted by Gasteiger charge is 2.45. The van der Waals surface area contributed by atoms with Crippen LogP contribution in [0, 0.1) is 16.7 Å². The second-order valence-electron chi connectivity index (χ2n) is 14.5. The number of halogens is 1. The standard InChI is InChI=1S/C40H43BrN6O6/c41-33-8-4-7-28-19-30(48)20-31(36(28)33)35-21-34-32(24-51-35)37(44-38(43-34)53-26-40(10-11-40)25-45-15-17-50-18-16-45)46-13-14-47(29(22-46)9-12-42)39(49)52-23-27-5-2-1-3-6-27/h1-8,19-20,29,35,48H,9-11,13-18,21-26H2/t29-,35?/m0/s1. The zero-order valence-electron chi connectivity index (χ0n) is 29.6. The SMILES string of the molecule is N#CC[C@H]1CN(c2nc(OCC3(CN4CCOCC4)CC3)nc3c2COC(c2cc(O)cc4cccc(Br)c24)C3)CCN1C(=O)OCc1ccccc1. The van der Waals surface area contributed by atoms with Crippen LogP contribution in [0.25, 0.3) is 10.8 Å². The number of benzene rings is 3. The molecule has 1 N–H and O–H groups in total. The van der Waals surface area contributed by atoms with Gasteiger partial charge >= 0.3 is 12.1 Å². The van der Waals surface area contributed by atoms with Gasteiger partial charge in [-0.15, -0.1) is 0 Å². The van der Waals surface area contributed by atoms with E-state index in [0.29, 0.717) is 44.5 Å². The molecule has 1 aromatic heterocycles. The highest BCUT2D eigenvalue weighted by Crippen LogP contribution is 2.47. The third kappa shape index (κ3) is 7.92. The van der Waals surface area contributed by atoms with Crippen molar-refractivity contribution in [3.63, 3.8) is 0 Å². The number of phenolic OH excluding ortho intramolecular Hbond substituents is 1. The van der Waals surface area contributed by atoms with E-state index in [0.717, 1.165) is 83.3 Å². The lowest BCUT2D eigenvalue weighted by molar-refractivity contribution is 0.0221. The number of fused-ring (bicyclic) bond motifs is 2. The minimum Gasteiger partial charge on any atom is -0.508 e. The highest BCUT2D eigenvalue weighted by molar-refractivity contribution is 9.10. The van der Waals surface area contributed by atoms with Gasteiger partial charge in [-0.3, -0.25) is 4.90 Å². The number of piperazine rings is 1. The molecule has 4 heterocycles. The van der Waals surface area contributed by atoms with Crippen molar-refractivity contribution in [3.05, 3.63) is 87.5 Å². The number of ether oxygens (including phenoxy) is 4. The second kappa shape index (κ2) is 15.5. The van der Waals surface area contributed by atoms with Gasteiger partial charge in [-0.2, -0.15) is 15.2 Å². The number of amides is 1. The molecule has 0 bridgehead atoms. The van der Waals surface area contributed by atoms with Crippen LogP contribution < -0.4 is 9.64 Å². The molecule has 0 radical (unpaired) electrons. The van der Waals surface area contributed by atoms with Crippen molar-refractivity contribution in [3.8, 4) is 17.8 Å². The molecule has 276 valence electrons. The molecule has 1 aliphatic carbocycles. The highest BCUT2D eigenvalue weighted by atomic mass is 79.9. The second-order valence-corrected chi connectivity index (χ2v) is 15.4. The third-order valence-electron chi connectivity index (χ3n) is 10.8. The normalized spacial score (nSPS) is 21.1. The van der Waals surface area contributed by atoms with E-state index in [4.69, 9.17) is 28.9 Å². The first kappa shape index (κ1) is 35.5. The van der Waals surface area contributed by atoms with Crippen molar-refractivity contribution in [1.29, 1.82) is 5.26 Å². The van der Waals surface area contributed by atoms with Crippen LogP contribution in [0.4, 0.5) is 10.6 Å². The fourth-order valence-corrected chi connectivity index (χ4v) is 8.37. The summed E-state index contributed by atoms with van der Waals surface area (Å²) in [6.45, 7) is 6.51. The van der Waals surface area contributed by atoms with Crippen LogP contribution in [0.3, 0.4) is 0 Å². The third-order valence-corrected chi connectivity index (χ3v) is 11.5. The van der Waals surface area contributed by atoms with Crippen LogP contribution in [-0.4, -0.2) is 96.1 Å². The molecule has 2 atom stereocenters. The first-order valence-electron chi connectivity index (χ1n) is 18.3. The molecule has 53 heavy (non-hydrogen) atoms. The number of phenols is 1. The molecule has 1 saturated carbocycles. The molecule has 0 spiro atoms. The maximum atomic E-state index is 13.3. The smallest absolute Gasteiger partial charge is 0.410 e. The molecule has 13 heteroatoms. The largest absolute Gasteiger partial charge is 0.508 e. The first-order valence-corrected chi connectivity index (χ1v) is 19.1. The summed E-state index contributed by atoms with van der Waals surface area (Å²) >= 11 is 3.72. The Bertz CT molecular complexity index is 2000. The molecule has 3 fully saturated rings. The molecule has 3 aliphatic heterocycles. The summed E-state index contributed by atoms with van der Waals surface area (Å²) in [5.74, 6) is 0.870. The van der Waals surface area contributed by atoms with E-state index in [1.54, 1.807) is 17.0 Å². The van der Waals surface area contributed by atoms with Gasteiger partial charge in [0.25, 0.3) is 0 Å². The number of hydrogen-bond donors (Lipinski definition) is 1. The van der Waals surface area contributed by atoms with Crippen LogP contribution in [0.1, 0.15) is 47.8 Å². The van der Waals surface area contributed by atoms with Gasteiger partial charge in [-0.05, 0) is 47.6 Å². The van der Waals surface area contributed by atoms with Crippen molar-refractivity contribution in [2.75, 3.05) is 64.0 Å². The molecule has 4 aliphatic rings. The van der Waals surface area contributed by atoms with Crippen molar-refractivity contribution in [1.82, 2.24) is 19.8 Å². The Labute approximate surface area is 317 Å². The van der Waals surface area contributed by atoms with Gasteiger partial charge in [0.1, 0.15) is 18.2 Å². The molecular formula is C40H43BrN6O6. The van der Waals surface area contributed by atoms with Gasteiger partial charge in [-0.1, -0.05) is 58.4 Å². The number of aromatic nitrogens is 2. The lowest BCUT2D eigenvalue weighted by Gasteiger charge is -2.41. The zero-order valence-corrected chi connectivity index (χ0v) is 31.2. The summed E-state index contributed by atoms with van der Waals surface area (Å²) in [6, 6.07) is 21.2. The lowest BCUT2D eigenvalue weighted by atomic mass is 9.94. The first-order chi connectivity index (χ1) is 25.9. The van der Waals surface area contributed by atoms with Crippen LogP contribution in [0.2, 0.25) is 0 Å². The zero-order chi connectivity index (χ0) is 36.4.